The number of para-hydroxylation sites is 1. The lowest BCUT2D eigenvalue weighted by atomic mass is 9.97. The molecule has 0 spiro atoms. The second-order valence-electron chi connectivity index (χ2n) is 7.29. The van der Waals surface area contributed by atoms with Crippen molar-refractivity contribution in [1.82, 2.24) is 0 Å². The van der Waals surface area contributed by atoms with E-state index in [9.17, 15) is 4.79 Å². The number of fused-ring (bicyclic) bond motifs is 1. The molecule has 4 rings (SSSR count). The van der Waals surface area contributed by atoms with Gasteiger partial charge in [0.1, 0.15) is 11.5 Å². The molecule has 1 aliphatic heterocycles. The third-order valence-corrected chi connectivity index (χ3v) is 5.26. The van der Waals surface area contributed by atoms with Crippen molar-refractivity contribution in [3.05, 3.63) is 82.9 Å². The summed E-state index contributed by atoms with van der Waals surface area (Å²) in [5.41, 5.74) is 11.1. The number of amides is 1. The van der Waals surface area contributed by atoms with E-state index in [0.29, 0.717) is 28.3 Å². The highest BCUT2D eigenvalue weighted by Gasteiger charge is 2.31. The van der Waals surface area contributed by atoms with Gasteiger partial charge < -0.3 is 20.1 Å². The SMILES string of the molecule is COc1ccc(OC)c(NC(=O)c2ccc(C)c(C3(N)N=Cc4ccccc4N3)c2)c1. The van der Waals surface area contributed by atoms with E-state index < -0.39 is 5.79 Å². The van der Waals surface area contributed by atoms with Crippen LogP contribution in [0, 0.1) is 6.92 Å². The van der Waals surface area contributed by atoms with Crippen LogP contribution in [0.4, 0.5) is 11.4 Å². The zero-order valence-corrected chi connectivity index (χ0v) is 17.6. The van der Waals surface area contributed by atoms with E-state index in [-0.39, 0.29) is 5.91 Å². The number of anilines is 2. The molecule has 1 atom stereocenters. The Balaban J connectivity index is 1.65. The summed E-state index contributed by atoms with van der Waals surface area (Å²) < 4.78 is 10.6. The molecule has 0 bridgehead atoms. The number of carbonyl (C=O) groups excluding carboxylic acids is 1. The summed E-state index contributed by atoms with van der Waals surface area (Å²) in [5.74, 6) is -0.327. The minimum Gasteiger partial charge on any atom is -0.497 e. The second-order valence-corrected chi connectivity index (χ2v) is 7.29. The molecule has 0 saturated carbocycles. The summed E-state index contributed by atoms with van der Waals surface area (Å²) in [5, 5.41) is 6.18. The van der Waals surface area contributed by atoms with Crippen LogP contribution in [0.15, 0.2) is 65.7 Å². The summed E-state index contributed by atoms with van der Waals surface area (Å²) in [7, 11) is 3.11. The number of benzene rings is 3. The molecule has 0 aliphatic carbocycles. The number of aryl methyl sites for hydroxylation is 1. The van der Waals surface area contributed by atoms with E-state index in [4.69, 9.17) is 15.2 Å². The number of ether oxygens (including phenoxy) is 2. The average molecular weight is 416 g/mol. The summed E-state index contributed by atoms with van der Waals surface area (Å²) in [4.78, 5) is 17.6. The number of hydrogen-bond donors (Lipinski definition) is 3. The molecule has 0 fully saturated rings. The standard InChI is InChI=1S/C24H24N4O3/c1-15-8-9-16(23(29)27-21-13-18(30-2)10-11-22(21)31-3)12-19(15)24(25)26-14-17-6-4-5-7-20(17)28-24/h4-14,28H,25H2,1-3H3,(H,27,29). The highest BCUT2D eigenvalue weighted by molar-refractivity contribution is 6.05. The van der Waals surface area contributed by atoms with Crippen molar-refractivity contribution >= 4 is 23.5 Å². The van der Waals surface area contributed by atoms with Gasteiger partial charge >= 0.3 is 0 Å². The zero-order chi connectivity index (χ0) is 22.0. The van der Waals surface area contributed by atoms with Crippen LogP contribution in [0.2, 0.25) is 0 Å². The van der Waals surface area contributed by atoms with Gasteiger partial charge in [-0.2, -0.15) is 0 Å². The minimum absolute atomic E-state index is 0.295. The number of nitrogens with zero attached hydrogens (tertiary/aromatic N) is 1. The molecular weight excluding hydrogens is 392 g/mol. The molecule has 0 aromatic heterocycles. The first-order valence-corrected chi connectivity index (χ1v) is 9.79. The summed E-state index contributed by atoms with van der Waals surface area (Å²) >= 11 is 0. The molecule has 4 N–H and O–H groups in total. The lowest BCUT2D eigenvalue weighted by Gasteiger charge is -2.33. The number of methoxy groups -OCH3 is 2. The minimum atomic E-state index is -1.18. The lowest BCUT2D eigenvalue weighted by molar-refractivity contribution is 0.102. The van der Waals surface area contributed by atoms with E-state index in [0.717, 1.165) is 16.8 Å². The Morgan fingerprint density at radius 2 is 1.87 bits per heavy atom. The van der Waals surface area contributed by atoms with Crippen LogP contribution in [0.5, 0.6) is 11.5 Å². The molecule has 7 nitrogen and oxygen atoms in total. The topological polar surface area (TPSA) is 98.0 Å². The van der Waals surface area contributed by atoms with Crippen molar-refractivity contribution in [1.29, 1.82) is 0 Å². The maximum absolute atomic E-state index is 13.0. The fourth-order valence-electron chi connectivity index (χ4n) is 3.55. The summed E-state index contributed by atoms with van der Waals surface area (Å²) in [6.45, 7) is 1.94. The monoisotopic (exact) mass is 416 g/mol. The van der Waals surface area contributed by atoms with Crippen LogP contribution >= 0.6 is 0 Å². The van der Waals surface area contributed by atoms with Crippen molar-refractivity contribution in [2.75, 3.05) is 24.9 Å². The van der Waals surface area contributed by atoms with Gasteiger partial charge in [0, 0.05) is 34.7 Å². The number of carbonyl (C=O) groups is 1. The van der Waals surface area contributed by atoms with Gasteiger partial charge in [-0.3, -0.25) is 10.5 Å². The largest absolute Gasteiger partial charge is 0.497 e. The predicted octanol–water partition coefficient (Wildman–Crippen LogP) is 3.88. The van der Waals surface area contributed by atoms with Crippen molar-refractivity contribution in [3.8, 4) is 11.5 Å². The van der Waals surface area contributed by atoms with E-state index in [1.807, 2.05) is 37.3 Å². The highest BCUT2D eigenvalue weighted by Crippen LogP contribution is 2.32. The molecule has 158 valence electrons. The van der Waals surface area contributed by atoms with Gasteiger partial charge in [-0.05, 0) is 42.8 Å². The fraction of sp³-hybridized carbons (Fsp3) is 0.167. The van der Waals surface area contributed by atoms with E-state index in [2.05, 4.69) is 15.6 Å². The third-order valence-electron chi connectivity index (χ3n) is 5.26. The summed E-state index contributed by atoms with van der Waals surface area (Å²) in [6.07, 6.45) is 1.75. The number of rotatable bonds is 5. The zero-order valence-electron chi connectivity index (χ0n) is 17.6. The van der Waals surface area contributed by atoms with E-state index in [1.54, 1.807) is 50.8 Å². The Kier molecular flexibility index (Phi) is 5.35. The second kappa shape index (κ2) is 8.12. The maximum Gasteiger partial charge on any atom is 0.255 e. The quantitative estimate of drug-likeness (QED) is 0.586. The van der Waals surface area contributed by atoms with Crippen LogP contribution in [0.25, 0.3) is 0 Å². The van der Waals surface area contributed by atoms with Gasteiger partial charge in [0.15, 0.2) is 0 Å². The molecule has 1 unspecified atom stereocenters. The molecule has 0 radical (unpaired) electrons. The maximum atomic E-state index is 13.0. The number of nitrogens with two attached hydrogens (primary N) is 1. The number of aliphatic imine (C=N–C) groups is 1. The van der Waals surface area contributed by atoms with Crippen LogP contribution in [-0.4, -0.2) is 26.3 Å². The van der Waals surface area contributed by atoms with Crippen LogP contribution < -0.4 is 25.8 Å². The fourth-order valence-corrected chi connectivity index (χ4v) is 3.55. The summed E-state index contributed by atoms with van der Waals surface area (Å²) in [6, 6.07) is 18.4. The highest BCUT2D eigenvalue weighted by atomic mass is 16.5. The normalized spacial score (nSPS) is 16.8. The van der Waals surface area contributed by atoms with Crippen molar-refractivity contribution < 1.29 is 14.3 Å². The smallest absolute Gasteiger partial charge is 0.255 e. The van der Waals surface area contributed by atoms with Crippen LogP contribution in [-0.2, 0) is 5.79 Å². The first-order valence-electron chi connectivity index (χ1n) is 9.79. The molecule has 7 heteroatoms. The Morgan fingerprint density at radius 3 is 2.65 bits per heavy atom. The molecular formula is C24H24N4O3. The lowest BCUT2D eigenvalue weighted by Crippen LogP contribution is -2.45. The molecule has 1 aliphatic rings. The Bertz CT molecular complexity index is 1180. The van der Waals surface area contributed by atoms with Gasteiger partial charge in [0.25, 0.3) is 5.91 Å². The Morgan fingerprint density at radius 1 is 1.06 bits per heavy atom. The first-order chi connectivity index (χ1) is 14.9. The Hall–Kier alpha value is -3.84. The van der Waals surface area contributed by atoms with E-state index >= 15 is 0 Å². The van der Waals surface area contributed by atoms with Crippen molar-refractivity contribution in [2.45, 2.75) is 12.7 Å². The van der Waals surface area contributed by atoms with Gasteiger partial charge in [0.2, 0.25) is 5.79 Å². The number of hydrogen-bond acceptors (Lipinski definition) is 6. The average Bonchev–Trinajstić information content (AvgIpc) is 2.79. The van der Waals surface area contributed by atoms with Crippen molar-refractivity contribution in [2.24, 2.45) is 10.7 Å². The Labute approximate surface area is 180 Å². The van der Waals surface area contributed by atoms with Gasteiger partial charge in [0.05, 0.1) is 19.9 Å². The predicted molar refractivity (Wildman–Crippen MR) is 122 cm³/mol. The van der Waals surface area contributed by atoms with E-state index in [1.165, 1.54) is 0 Å². The van der Waals surface area contributed by atoms with Crippen LogP contribution in [0.1, 0.15) is 27.0 Å². The molecule has 3 aromatic carbocycles. The number of nitrogens with one attached hydrogen (secondary N) is 2. The van der Waals surface area contributed by atoms with Gasteiger partial charge in [-0.15, -0.1) is 0 Å². The third kappa shape index (κ3) is 3.95. The molecule has 1 amide bonds. The van der Waals surface area contributed by atoms with Gasteiger partial charge in [-0.1, -0.05) is 24.3 Å². The molecule has 3 aromatic rings. The first kappa shape index (κ1) is 20.4. The van der Waals surface area contributed by atoms with Crippen molar-refractivity contribution in [3.63, 3.8) is 0 Å². The van der Waals surface area contributed by atoms with Crippen LogP contribution in [0.3, 0.4) is 0 Å². The molecule has 31 heavy (non-hydrogen) atoms. The molecule has 1 heterocycles. The molecule has 0 saturated heterocycles. The van der Waals surface area contributed by atoms with Gasteiger partial charge in [-0.25, -0.2) is 4.99 Å².